The monoisotopic (exact) mass is 431 g/mol. The number of hydrogen-bond acceptors (Lipinski definition) is 8. The first-order valence-corrected chi connectivity index (χ1v) is 11.2. The molecule has 3 unspecified atom stereocenters. The minimum absolute atomic E-state index is 0.00282. The number of benzene rings is 1. The fourth-order valence-corrected chi connectivity index (χ4v) is 7.29. The van der Waals surface area contributed by atoms with Crippen molar-refractivity contribution in [3.63, 3.8) is 0 Å². The second kappa shape index (κ2) is 6.43. The van der Waals surface area contributed by atoms with Gasteiger partial charge in [0.1, 0.15) is 0 Å². The van der Waals surface area contributed by atoms with Crippen LogP contribution in [-0.2, 0) is 4.79 Å². The van der Waals surface area contributed by atoms with Crippen molar-refractivity contribution in [2.75, 3.05) is 12.1 Å². The first kappa shape index (κ1) is 18.9. The van der Waals surface area contributed by atoms with Crippen LogP contribution in [0.3, 0.4) is 0 Å². The number of aromatic nitrogens is 2. The van der Waals surface area contributed by atoms with Gasteiger partial charge in [-0.1, -0.05) is 43.9 Å². The molecule has 3 atom stereocenters. The summed E-state index contributed by atoms with van der Waals surface area (Å²) in [5, 5.41) is 11.4. The summed E-state index contributed by atoms with van der Waals surface area (Å²) in [5.74, 6) is 1.56. The van der Waals surface area contributed by atoms with Crippen molar-refractivity contribution in [2.45, 2.75) is 43.2 Å². The molecule has 29 heavy (non-hydrogen) atoms. The molecule has 1 amide bonds. The maximum Gasteiger partial charge on any atom is 0.257 e. The summed E-state index contributed by atoms with van der Waals surface area (Å²) >= 11 is 2.79. The summed E-state index contributed by atoms with van der Waals surface area (Å²) in [4.78, 5) is 25.5. The number of nitrogens with zero attached hydrogens (tertiary/aromatic N) is 2. The van der Waals surface area contributed by atoms with Crippen LogP contribution in [0.15, 0.2) is 22.5 Å². The molecule has 1 aromatic carbocycles. The minimum atomic E-state index is -0.291. The number of anilines is 1. The van der Waals surface area contributed by atoms with Gasteiger partial charge in [-0.05, 0) is 42.4 Å². The van der Waals surface area contributed by atoms with E-state index in [1.807, 2.05) is 0 Å². The molecule has 7 nitrogen and oxygen atoms in total. The third-order valence-corrected chi connectivity index (χ3v) is 9.21. The average Bonchev–Trinajstić information content (AvgIpc) is 3.40. The summed E-state index contributed by atoms with van der Waals surface area (Å²) in [6.07, 6.45) is 2.03. The van der Waals surface area contributed by atoms with Gasteiger partial charge in [-0.25, -0.2) is 0 Å². The van der Waals surface area contributed by atoms with E-state index in [-0.39, 0.29) is 28.8 Å². The van der Waals surface area contributed by atoms with Crippen LogP contribution in [0.25, 0.3) is 0 Å². The molecule has 9 heteroatoms. The number of amides is 1. The van der Waals surface area contributed by atoms with Crippen LogP contribution in [0.4, 0.5) is 5.13 Å². The SMILES string of the molecule is CC12CCC(C(Sc3nnc(NC(=O)c4ccc5c(c4)OCO5)s3)C1=O)C2(C)C. The lowest BCUT2D eigenvalue weighted by Gasteiger charge is -2.32. The van der Waals surface area contributed by atoms with Gasteiger partial charge in [0.25, 0.3) is 5.91 Å². The van der Waals surface area contributed by atoms with E-state index >= 15 is 0 Å². The van der Waals surface area contributed by atoms with Gasteiger partial charge in [-0.3, -0.25) is 14.9 Å². The van der Waals surface area contributed by atoms with Crippen molar-refractivity contribution in [1.82, 2.24) is 10.2 Å². The van der Waals surface area contributed by atoms with Crippen molar-refractivity contribution in [1.29, 1.82) is 0 Å². The first-order valence-electron chi connectivity index (χ1n) is 9.55. The minimum Gasteiger partial charge on any atom is -0.454 e. The Morgan fingerprint density at radius 1 is 1.24 bits per heavy atom. The lowest BCUT2D eigenvalue weighted by atomic mass is 9.70. The fraction of sp³-hybridized carbons (Fsp3) is 0.500. The Morgan fingerprint density at radius 3 is 2.79 bits per heavy atom. The number of carbonyl (C=O) groups excluding carboxylic acids is 2. The van der Waals surface area contributed by atoms with E-state index < -0.39 is 0 Å². The Bertz CT molecular complexity index is 1020. The molecular weight excluding hydrogens is 410 g/mol. The quantitative estimate of drug-likeness (QED) is 0.732. The van der Waals surface area contributed by atoms with Crippen LogP contribution in [0.1, 0.15) is 44.0 Å². The van der Waals surface area contributed by atoms with Gasteiger partial charge in [-0.15, -0.1) is 10.2 Å². The van der Waals surface area contributed by atoms with Crippen LogP contribution in [0, 0.1) is 16.7 Å². The molecule has 2 bridgehead atoms. The number of ketones is 1. The van der Waals surface area contributed by atoms with E-state index in [0.717, 1.165) is 12.8 Å². The Labute approximate surface area is 176 Å². The van der Waals surface area contributed by atoms with Crippen molar-refractivity contribution < 1.29 is 19.1 Å². The van der Waals surface area contributed by atoms with Gasteiger partial charge in [0.2, 0.25) is 11.9 Å². The summed E-state index contributed by atoms with van der Waals surface area (Å²) in [6, 6.07) is 5.03. The topological polar surface area (TPSA) is 90.4 Å². The highest BCUT2D eigenvalue weighted by molar-refractivity contribution is 8.02. The van der Waals surface area contributed by atoms with Gasteiger partial charge < -0.3 is 9.47 Å². The van der Waals surface area contributed by atoms with E-state index in [1.54, 1.807) is 18.2 Å². The molecule has 0 saturated heterocycles. The number of ether oxygens (including phenoxy) is 2. The molecule has 2 saturated carbocycles. The number of carbonyl (C=O) groups is 2. The van der Waals surface area contributed by atoms with E-state index in [1.165, 1.54) is 23.1 Å². The van der Waals surface area contributed by atoms with Gasteiger partial charge in [-0.2, -0.15) is 0 Å². The van der Waals surface area contributed by atoms with Crippen LogP contribution in [0.5, 0.6) is 11.5 Å². The van der Waals surface area contributed by atoms with Crippen molar-refractivity contribution in [3.05, 3.63) is 23.8 Å². The number of hydrogen-bond donors (Lipinski definition) is 1. The third-order valence-electron chi connectivity index (χ3n) is 6.96. The molecule has 0 radical (unpaired) electrons. The Morgan fingerprint density at radius 2 is 2.03 bits per heavy atom. The molecule has 2 aromatic rings. The summed E-state index contributed by atoms with van der Waals surface area (Å²) in [7, 11) is 0. The molecule has 1 aliphatic heterocycles. The molecule has 2 aliphatic carbocycles. The van der Waals surface area contributed by atoms with Crippen molar-refractivity contribution >= 4 is 39.9 Å². The molecule has 5 rings (SSSR count). The largest absolute Gasteiger partial charge is 0.454 e. The van der Waals surface area contributed by atoms with E-state index in [2.05, 4.69) is 36.3 Å². The predicted octanol–water partition coefficient (Wildman–Crippen LogP) is 4.01. The maximum absolute atomic E-state index is 13.0. The highest BCUT2D eigenvalue weighted by atomic mass is 32.2. The van der Waals surface area contributed by atoms with Gasteiger partial charge in [0, 0.05) is 11.0 Å². The van der Waals surface area contributed by atoms with Crippen LogP contribution >= 0.6 is 23.1 Å². The normalized spacial score (nSPS) is 28.7. The van der Waals surface area contributed by atoms with E-state index in [0.29, 0.717) is 38.2 Å². The predicted molar refractivity (Wildman–Crippen MR) is 110 cm³/mol. The molecule has 2 heterocycles. The number of fused-ring (bicyclic) bond motifs is 3. The van der Waals surface area contributed by atoms with Gasteiger partial charge in [0.05, 0.1) is 5.25 Å². The fourth-order valence-electron chi connectivity index (χ4n) is 4.76. The van der Waals surface area contributed by atoms with Gasteiger partial charge >= 0.3 is 0 Å². The summed E-state index contributed by atoms with van der Waals surface area (Å²) in [6.45, 7) is 6.68. The molecule has 3 aliphatic rings. The lowest BCUT2D eigenvalue weighted by molar-refractivity contribution is -0.127. The Hall–Kier alpha value is -2.13. The lowest BCUT2D eigenvalue weighted by Crippen LogP contribution is -2.34. The zero-order valence-corrected chi connectivity index (χ0v) is 18.0. The second-order valence-electron chi connectivity index (χ2n) is 8.50. The van der Waals surface area contributed by atoms with Crippen LogP contribution in [-0.4, -0.2) is 33.9 Å². The Balaban J connectivity index is 1.28. The van der Waals surface area contributed by atoms with Crippen molar-refractivity contribution in [2.24, 2.45) is 16.7 Å². The second-order valence-corrected chi connectivity index (χ2v) is 10.9. The zero-order valence-electron chi connectivity index (χ0n) is 16.4. The number of thioether (sulfide) groups is 1. The van der Waals surface area contributed by atoms with E-state index in [4.69, 9.17) is 9.47 Å². The van der Waals surface area contributed by atoms with Crippen LogP contribution in [0.2, 0.25) is 0 Å². The highest BCUT2D eigenvalue weighted by Crippen LogP contribution is 2.66. The number of rotatable bonds is 4. The summed E-state index contributed by atoms with van der Waals surface area (Å²) in [5.41, 5.74) is 0.204. The molecule has 1 aromatic heterocycles. The van der Waals surface area contributed by atoms with E-state index in [9.17, 15) is 9.59 Å². The number of Topliss-reactive ketones (excluding diaryl/α,β-unsaturated/α-hetero) is 1. The molecule has 2 fully saturated rings. The molecular formula is C20H21N3O4S2. The maximum atomic E-state index is 13.0. The summed E-state index contributed by atoms with van der Waals surface area (Å²) < 4.78 is 11.3. The van der Waals surface area contributed by atoms with Crippen LogP contribution < -0.4 is 14.8 Å². The molecule has 1 N–H and O–H groups in total. The van der Waals surface area contributed by atoms with Gasteiger partial charge in [0.15, 0.2) is 21.6 Å². The smallest absolute Gasteiger partial charge is 0.257 e. The third kappa shape index (κ3) is 2.78. The average molecular weight is 432 g/mol. The number of nitrogens with one attached hydrogen (secondary N) is 1. The molecule has 0 spiro atoms. The Kier molecular flexibility index (Phi) is 4.19. The highest BCUT2D eigenvalue weighted by Gasteiger charge is 2.66. The first-order chi connectivity index (χ1) is 13.8. The standard InChI is InChI=1S/C20H21N3O4S2/c1-19(2)11-6-7-20(19,3)15(24)14(11)28-18-23-22-17(29-18)21-16(25)10-4-5-12-13(8-10)27-9-26-12/h4-5,8,11,14H,6-7,9H2,1-3H3,(H,21,22,25). The van der Waals surface area contributed by atoms with Crippen molar-refractivity contribution in [3.8, 4) is 11.5 Å². The zero-order chi connectivity index (χ0) is 20.4. The molecule has 152 valence electrons.